The average Bonchev–Trinajstić information content (AvgIpc) is 3.27. The van der Waals surface area contributed by atoms with Crippen LogP contribution in [0.25, 0.3) is 22.0 Å². The highest BCUT2D eigenvalue weighted by molar-refractivity contribution is 7.13. The molecule has 0 saturated heterocycles. The second-order valence-electron chi connectivity index (χ2n) is 5.34. The summed E-state index contributed by atoms with van der Waals surface area (Å²) in [5, 5.41) is 11.6. The van der Waals surface area contributed by atoms with E-state index in [9.17, 15) is 4.39 Å². The third-order valence-corrected chi connectivity index (χ3v) is 4.73. The van der Waals surface area contributed by atoms with Crippen LogP contribution in [0.5, 0.6) is 0 Å². The number of halogens is 2. The van der Waals surface area contributed by atoms with Crippen molar-refractivity contribution in [1.29, 1.82) is 0 Å². The molecule has 2 aromatic carbocycles. The highest BCUT2D eigenvalue weighted by atomic mass is 35.5. The van der Waals surface area contributed by atoms with Crippen molar-refractivity contribution >= 4 is 22.9 Å². The van der Waals surface area contributed by atoms with Gasteiger partial charge in [0.1, 0.15) is 10.8 Å². The summed E-state index contributed by atoms with van der Waals surface area (Å²) in [5.41, 5.74) is 2.54. The molecule has 0 spiro atoms. The summed E-state index contributed by atoms with van der Waals surface area (Å²) in [6.45, 7) is 0. The van der Waals surface area contributed by atoms with Crippen molar-refractivity contribution in [1.82, 2.24) is 15.2 Å². The molecule has 0 aliphatic carbocycles. The summed E-state index contributed by atoms with van der Waals surface area (Å²) in [5.74, 6) is 0.524. The lowest BCUT2D eigenvalue weighted by molar-refractivity contribution is 0.516. The SMILES string of the molecule is Fc1ccc(-c2nnc(Cc3csc(-c4ccc(Cl)cc4)n3)o2)cc1. The molecule has 25 heavy (non-hydrogen) atoms. The molecule has 124 valence electrons. The Hall–Kier alpha value is -2.57. The number of rotatable bonds is 4. The van der Waals surface area contributed by atoms with Gasteiger partial charge in [-0.15, -0.1) is 21.5 Å². The molecular formula is C18H11ClFN3OS. The highest BCUT2D eigenvalue weighted by Gasteiger charge is 2.12. The van der Waals surface area contributed by atoms with Crippen LogP contribution in [0.2, 0.25) is 5.02 Å². The molecule has 0 fully saturated rings. The molecular weight excluding hydrogens is 361 g/mol. The summed E-state index contributed by atoms with van der Waals surface area (Å²) >= 11 is 7.45. The molecule has 2 aromatic heterocycles. The largest absolute Gasteiger partial charge is 0.420 e. The molecule has 0 unspecified atom stereocenters. The van der Waals surface area contributed by atoms with Gasteiger partial charge in [-0.25, -0.2) is 9.37 Å². The monoisotopic (exact) mass is 371 g/mol. The van der Waals surface area contributed by atoms with Gasteiger partial charge in [-0.3, -0.25) is 0 Å². The Morgan fingerprint density at radius 1 is 0.960 bits per heavy atom. The molecule has 0 bridgehead atoms. The van der Waals surface area contributed by atoms with Crippen LogP contribution in [-0.4, -0.2) is 15.2 Å². The Balaban J connectivity index is 1.51. The molecule has 2 heterocycles. The number of hydrogen-bond acceptors (Lipinski definition) is 5. The van der Waals surface area contributed by atoms with Crippen molar-refractivity contribution in [3.05, 3.63) is 76.3 Å². The van der Waals surface area contributed by atoms with Crippen LogP contribution in [0.4, 0.5) is 4.39 Å². The quantitative estimate of drug-likeness (QED) is 0.492. The zero-order chi connectivity index (χ0) is 17.2. The summed E-state index contributed by atoms with van der Waals surface area (Å²) < 4.78 is 18.6. The minimum Gasteiger partial charge on any atom is -0.420 e. The number of benzene rings is 2. The van der Waals surface area contributed by atoms with Gasteiger partial charge in [-0.1, -0.05) is 23.7 Å². The van der Waals surface area contributed by atoms with Crippen molar-refractivity contribution in [2.75, 3.05) is 0 Å². The second-order valence-corrected chi connectivity index (χ2v) is 6.63. The smallest absolute Gasteiger partial charge is 0.247 e. The van der Waals surface area contributed by atoms with E-state index in [2.05, 4.69) is 15.2 Å². The summed E-state index contributed by atoms with van der Waals surface area (Å²) in [4.78, 5) is 4.60. The normalized spacial score (nSPS) is 11.0. The Morgan fingerprint density at radius 2 is 1.68 bits per heavy atom. The van der Waals surface area contributed by atoms with Gasteiger partial charge in [0.25, 0.3) is 0 Å². The van der Waals surface area contributed by atoms with E-state index in [0.29, 0.717) is 28.8 Å². The zero-order valence-corrected chi connectivity index (χ0v) is 14.4. The fourth-order valence-electron chi connectivity index (χ4n) is 2.30. The third kappa shape index (κ3) is 3.60. The number of thiazole rings is 1. The van der Waals surface area contributed by atoms with Gasteiger partial charge in [0.2, 0.25) is 11.8 Å². The van der Waals surface area contributed by atoms with Crippen molar-refractivity contribution in [2.24, 2.45) is 0 Å². The van der Waals surface area contributed by atoms with Gasteiger partial charge >= 0.3 is 0 Å². The van der Waals surface area contributed by atoms with Crippen LogP contribution < -0.4 is 0 Å². The van der Waals surface area contributed by atoms with E-state index < -0.39 is 0 Å². The molecule has 0 atom stereocenters. The maximum atomic E-state index is 13.0. The van der Waals surface area contributed by atoms with E-state index in [1.165, 1.54) is 12.1 Å². The van der Waals surface area contributed by atoms with Crippen molar-refractivity contribution in [3.8, 4) is 22.0 Å². The maximum absolute atomic E-state index is 13.0. The van der Waals surface area contributed by atoms with Crippen LogP contribution in [0.3, 0.4) is 0 Å². The van der Waals surface area contributed by atoms with Crippen molar-refractivity contribution in [3.63, 3.8) is 0 Å². The lowest BCUT2D eigenvalue weighted by atomic mass is 10.2. The molecule has 0 aliphatic heterocycles. The predicted molar refractivity (Wildman–Crippen MR) is 95.1 cm³/mol. The van der Waals surface area contributed by atoms with E-state index in [4.69, 9.17) is 16.0 Å². The first-order chi connectivity index (χ1) is 12.2. The Labute approximate surface area is 151 Å². The van der Waals surface area contributed by atoms with Gasteiger partial charge in [-0.05, 0) is 36.4 Å². The van der Waals surface area contributed by atoms with E-state index >= 15 is 0 Å². The number of aromatic nitrogens is 3. The lowest BCUT2D eigenvalue weighted by Gasteiger charge is -1.96. The Morgan fingerprint density at radius 3 is 2.44 bits per heavy atom. The van der Waals surface area contributed by atoms with Crippen LogP contribution in [0, 0.1) is 5.82 Å². The molecule has 0 amide bonds. The van der Waals surface area contributed by atoms with Gasteiger partial charge in [0, 0.05) is 21.5 Å². The van der Waals surface area contributed by atoms with E-state index in [1.807, 2.05) is 29.6 Å². The zero-order valence-electron chi connectivity index (χ0n) is 12.8. The standard InChI is InChI=1S/C18H11ClFN3OS/c19-13-5-1-12(2-6-13)18-21-15(10-25-18)9-16-22-23-17(24-16)11-3-7-14(20)8-4-11/h1-8,10H,9H2. The average molecular weight is 372 g/mol. The molecule has 0 aliphatic rings. The Bertz CT molecular complexity index is 914. The van der Waals surface area contributed by atoms with Gasteiger partial charge in [0.15, 0.2) is 0 Å². The fraction of sp³-hybridized carbons (Fsp3) is 0.0556. The maximum Gasteiger partial charge on any atom is 0.247 e. The molecule has 4 nitrogen and oxygen atoms in total. The molecule has 7 heteroatoms. The van der Waals surface area contributed by atoms with Crippen molar-refractivity contribution < 1.29 is 8.81 Å². The first-order valence-electron chi connectivity index (χ1n) is 7.46. The minimum absolute atomic E-state index is 0.305. The number of nitrogens with zero attached hydrogens (tertiary/aromatic N) is 3. The molecule has 0 saturated carbocycles. The van der Waals surface area contributed by atoms with Crippen LogP contribution >= 0.6 is 22.9 Å². The third-order valence-electron chi connectivity index (χ3n) is 3.53. The highest BCUT2D eigenvalue weighted by Crippen LogP contribution is 2.26. The second kappa shape index (κ2) is 6.74. The van der Waals surface area contributed by atoms with E-state index in [-0.39, 0.29) is 5.82 Å². The molecule has 0 radical (unpaired) electrons. The van der Waals surface area contributed by atoms with Crippen LogP contribution in [0.1, 0.15) is 11.6 Å². The lowest BCUT2D eigenvalue weighted by Crippen LogP contribution is -1.88. The first kappa shape index (κ1) is 15.9. The van der Waals surface area contributed by atoms with E-state index in [0.717, 1.165) is 16.3 Å². The van der Waals surface area contributed by atoms with Crippen LogP contribution in [0.15, 0.2) is 58.3 Å². The Kier molecular flexibility index (Phi) is 4.29. The molecule has 4 aromatic rings. The number of hydrogen-bond donors (Lipinski definition) is 0. The summed E-state index contributed by atoms with van der Waals surface area (Å²) in [6, 6.07) is 13.5. The minimum atomic E-state index is -0.305. The molecule has 0 N–H and O–H groups in total. The fourth-order valence-corrected chi connectivity index (χ4v) is 3.25. The van der Waals surface area contributed by atoms with Gasteiger partial charge in [-0.2, -0.15) is 0 Å². The van der Waals surface area contributed by atoms with E-state index in [1.54, 1.807) is 23.5 Å². The predicted octanol–water partition coefficient (Wildman–Crippen LogP) is 5.24. The van der Waals surface area contributed by atoms with Crippen LogP contribution in [-0.2, 0) is 6.42 Å². The van der Waals surface area contributed by atoms with Crippen molar-refractivity contribution in [2.45, 2.75) is 6.42 Å². The molecule has 4 rings (SSSR count). The van der Waals surface area contributed by atoms with Gasteiger partial charge in [0.05, 0.1) is 12.1 Å². The summed E-state index contributed by atoms with van der Waals surface area (Å²) in [7, 11) is 0. The first-order valence-corrected chi connectivity index (χ1v) is 8.72. The summed E-state index contributed by atoms with van der Waals surface area (Å²) in [6.07, 6.45) is 0.443. The van der Waals surface area contributed by atoms with Gasteiger partial charge < -0.3 is 4.42 Å². The topological polar surface area (TPSA) is 51.8 Å².